The molecule has 0 unspecified atom stereocenters. The predicted octanol–water partition coefficient (Wildman–Crippen LogP) is 9.30. The third-order valence-corrected chi connectivity index (χ3v) is 7.52. The SMILES string of the molecule is O=C(O)c1ccc(-c2nn(C(=O)c3c(Cl)cccc3C(F)(F)F)c3ccc(Cl)cc23)c(OCc2ccc(Cl)c(Cl)c2)c1. The quantitative estimate of drug-likeness (QED) is 0.198. The van der Waals surface area contributed by atoms with Crippen LogP contribution in [0, 0.1) is 0 Å². The average molecular weight is 654 g/mol. The molecular weight excluding hydrogens is 639 g/mol. The summed E-state index contributed by atoms with van der Waals surface area (Å²) in [5.74, 6) is -2.30. The molecule has 5 aromatic rings. The Morgan fingerprint density at radius 2 is 1.64 bits per heavy atom. The standard InChI is InChI=1S/C29H15Cl4F3N2O4/c30-16-6-9-23-18(12-16)26(37-38(23)27(39)25-19(29(34,35)36)2-1-3-21(25)32)17-7-5-15(28(40)41)11-24(17)42-13-14-4-8-20(31)22(33)10-14/h1-12H,13H2,(H,40,41). The number of carbonyl (C=O) groups is 2. The van der Waals surface area contributed by atoms with Crippen LogP contribution in [0.25, 0.3) is 22.2 Å². The summed E-state index contributed by atoms with van der Waals surface area (Å²) in [6.07, 6.45) is -4.87. The Bertz CT molecular complexity index is 1890. The largest absolute Gasteiger partial charge is 0.488 e. The lowest BCUT2D eigenvalue weighted by Crippen LogP contribution is -2.20. The lowest BCUT2D eigenvalue weighted by Gasteiger charge is -2.13. The monoisotopic (exact) mass is 652 g/mol. The summed E-state index contributed by atoms with van der Waals surface area (Å²) in [7, 11) is 0. The minimum absolute atomic E-state index is 0.0557. The van der Waals surface area contributed by atoms with Crippen LogP contribution in [0.4, 0.5) is 13.2 Å². The summed E-state index contributed by atoms with van der Waals surface area (Å²) in [6.45, 7) is -0.0557. The van der Waals surface area contributed by atoms with Crippen molar-refractivity contribution < 1.29 is 32.6 Å². The van der Waals surface area contributed by atoms with E-state index in [-0.39, 0.29) is 44.7 Å². The van der Waals surface area contributed by atoms with E-state index in [0.29, 0.717) is 16.0 Å². The Morgan fingerprint density at radius 1 is 0.881 bits per heavy atom. The maximum absolute atomic E-state index is 13.8. The molecule has 0 amide bonds. The summed E-state index contributed by atoms with van der Waals surface area (Å²) >= 11 is 24.4. The normalized spacial score (nSPS) is 11.6. The number of rotatable bonds is 6. The van der Waals surface area contributed by atoms with Crippen molar-refractivity contribution in [1.29, 1.82) is 0 Å². The Hall–Kier alpha value is -3.76. The highest BCUT2D eigenvalue weighted by Crippen LogP contribution is 2.39. The van der Waals surface area contributed by atoms with E-state index in [0.717, 1.165) is 16.8 Å². The van der Waals surface area contributed by atoms with Crippen molar-refractivity contribution in [3.63, 3.8) is 0 Å². The predicted molar refractivity (Wildman–Crippen MR) is 154 cm³/mol. The van der Waals surface area contributed by atoms with Crippen molar-refractivity contribution in [1.82, 2.24) is 9.78 Å². The molecular formula is C29H15Cl4F3N2O4. The third-order valence-electron chi connectivity index (χ3n) is 6.23. The second-order valence-electron chi connectivity index (χ2n) is 8.94. The van der Waals surface area contributed by atoms with E-state index in [2.05, 4.69) is 5.10 Å². The molecule has 13 heteroatoms. The van der Waals surface area contributed by atoms with Gasteiger partial charge in [0.05, 0.1) is 37.3 Å². The number of nitrogens with zero attached hydrogens (tertiary/aromatic N) is 2. The maximum Gasteiger partial charge on any atom is 0.417 e. The van der Waals surface area contributed by atoms with Crippen molar-refractivity contribution in [3.8, 4) is 17.0 Å². The molecule has 0 aliphatic rings. The number of ether oxygens (including phenoxy) is 1. The molecule has 0 bridgehead atoms. The van der Waals surface area contributed by atoms with Crippen LogP contribution in [0.15, 0.2) is 72.8 Å². The van der Waals surface area contributed by atoms with Gasteiger partial charge in [0, 0.05) is 16.0 Å². The molecule has 4 aromatic carbocycles. The fraction of sp³-hybridized carbons (Fsp3) is 0.0690. The molecule has 42 heavy (non-hydrogen) atoms. The van der Waals surface area contributed by atoms with Gasteiger partial charge in [-0.05, 0) is 66.2 Å². The van der Waals surface area contributed by atoms with Crippen LogP contribution in [0.1, 0.15) is 31.8 Å². The number of carboxylic acid groups (broad SMARTS) is 1. The first-order chi connectivity index (χ1) is 19.8. The van der Waals surface area contributed by atoms with E-state index >= 15 is 0 Å². The van der Waals surface area contributed by atoms with E-state index in [1.165, 1.54) is 42.5 Å². The van der Waals surface area contributed by atoms with Crippen molar-refractivity contribution in [2.24, 2.45) is 0 Å². The Kier molecular flexibility index (Phi) is 8.13. The van der Waals surface area contributed by atoms with Gasteiger partial charge in [-0.1, -0.05) is 58.5 Å². The zero-order valence-electron chi connectivity index (χ0n) is 20.8. The number of aromatic carboxylic acids is 1. The number of alkyl halides is 3. The molecule has 0 spiro atoms. The van der Waals surface area contributed by atoms with Gasteiger partial charge in [-0.2, -0.15) is 23.0 Å². The van der Waals surface area contributed by atoms with E-state index in [1.54, 1.807) is 18.2 Å². The molecule has 1 heterocycles. The van der Waals surface area contributed by atoms with Gasteiger partial charge in [-0.15, -0.1) is 0 Å². The van der Waals surface area contributed by atoms with Crippen LogP contribution < -0.4 is 4.74 Å². The minimum atomic E-state index is -4.87. The van der Waals surface area contributed by atoms with Crippen molar-refractivity contribution >= 4 is 69.2 Å². The van der Waals surface area contributed by atoms with Crippen molar-refractivity contribution in [2.45, 2.75) is 12.8 Å². The molecule has 0 saturated heterocycles. The number of carbonyl (C=O) groups excluding carboxylic acids is 1. The van der Waals surface area contributed by atoms with Gasteiger partial charge in [-0.3, -0.25) is 4.79 Å². The van der Waals surface area contributed by atoms with Crippen molar-refractivity contribution in [3.05, 3.63) is 115 Å². The first-order valence-corrected chi connectivity index (χ1v) is 13.4. The second kappa shape index (κ2) is 11.5. The Balaban J connectivity index is 1.68. The fourth-order valence-electron chi connectivity index (χ4n) is 4.29. The number of aromatic nitrogens is 2. The molecule has 214 valence electrons. The maximum atomic E-state index is 13.8. The van der Waals surface area contributed by atoms with Crippen LogP contribution >= 0.6 is 46.4 Å². The molecule has 5 rings (SSSR count). The summed E-state index contributed by atoms with van der Waals surface area (Å²) in [5, 5.41) is 14.7. The molecule has 0 radical (unpaired) electrons. The smallest absolute Gasteiger partial charge is 0.417 e. The zero-order valence-corrected chi connectivity index (χ0v) is 23.9. The van der Waals surface area contributed by atoms with E-state index in [4.69, 9.17) is 51.1 Å². The third kappa shape index (κ3) is 5.78. The molecule has 0 atom stereocenters. The summed E-state index contributed by atoms with van der Waals surface area (Å²) < 4.78 is 48.3. The summed E-state index contributed by atoms with van der Waals surface area (Å²) in [6, 6.07) is 16.2. The van der Waals surface area contributed by atoms with Gasteiger partial charge in [0.15, 0.2) is 0 Å². The van der Waals surface area contributed by atoms with Gasteiger partial charge in [0.1, 0.15) is 18.1 Å². The lowest BCUT2D eigenvalue weighted by molar-refractivity contribution is -0.137. The van der Waals surface area contributed by atoms with E-state index < -0.39 is 34.2 Å². The van der Waals surface area contributed by atoms with Crippen molar-refractivity contribution in [2.75, 3.05) is 0 Å². The fourth-order valence-corrected chi connectivity index (χ4v) is 5.04. The highest BCUT2D eigenvalue weighted by atomic mass is 35.5. The summed E-state index contributed by atoms with van der Waals surface area (Å²) in [5.41, 5.74) is -1.03. The first-order valence-electron chi connectivity index (χ1n) is 11.9. The highest BCUT2D eigenvalue weighted by molar-refractivity contribution is 6.42. The number of fused-ring (bicyclic) bond motifs is 1. The van der Waals surface area contributed by atoms with Crippen LogP contribution in [0.5, 0.6) is 5.75 Å². The number of carboxylic acids is 1. The molecule has 1 aromatic heterocycles. The molecule has 0 fully saturated rings. The van der Waals surface area contributed by atoms with Gasteiger partial charge in [0.25, 0.3) is 5.91 Å². The van der Waals surface area contributed by atoms with Crippen LogP contribution in [-0.2, 0) is 12.8 Å². The molecule has 1 N–H and O–H groups in total. The number of hydrogen-bond donors (Lipinski definition) is 1. The van der Waals surface area contributed by atoms with Gasteiger partial charge in [-0.25, -0.2) is 4.79 Å². The van der Waals surface area contributed by atoms with Gasteiger partial charge >= 0.3 is 12.1 Å². The zero-order chi connectivity index (χ0) is 30.3. The number of hydrogen-bond acceptors (Lipinski definition) is 4. The molecule has 0 saturated carbocycles. The summed E-state index contributed by atoms with van der Waals surface area (Å²) in [4.78, 5) is 25.4. The lowest BCUT2D eigenvalue weighted by atomic mass is 10.0. The van der Waals surface area contributed by atoms with Gasteiger partial charge < -0.3 is 9.84 Å². The Morgan fingerprint density at radius 3 is 2.33 bits per heavy atom. The Labute approximate surface area is 255 Å². The van der Waals surface area contributed by atoms with Crippen LogP contribution in [0.3, 0.4) is 0 Å². The van der Waals surface area contributed by atoms with Crippen LogP contribution in [-0.4, -0.2) is 26.8 Å². The average Bonchev–Trinajstić information content (AvgIpc) is 3.31. The van der Waals surface area contributed by atoms with E-state index in [1.807, 2.05) is 0 Å². The van der Waals surface area contributed by atoms with E-state index in [9.17, 15) is 27.9 Å². The van der Waals surface area contributed by atoms with Gasteiger partial charge in [0.2, 0.25) is 0 Å². The number of halogens is 7. The van der Waals surface area contributed by atoms with Crippen LogP contribution in [0.2, 0.25) is 20.1 Å². The second-order valence-corrected chi connectivity index (χ2v) is 10.6. The molecule has 0 aliphatic heterocycles. The highest BCUT2D eigenvalue weighted by Gasteiger charge is 2.37. The number of benzene rings is 4. The topological polar surface area (TPSA) is 81.4 Å². The molecule has 0 aliphatic carbocycles. The molecule has 6 nitrogen and oxygen atoms in total. The first kappa shape index (κ1) is 29.7. The minimum Gasteiger partial charge on any atom is -0.488 e.